The van der Waals surface area contributed by atoms with Gasteiger partial charge >= 0.3 is 0 Å². The first-order valence-electron chi connectivity index (χ1n) is 6.63. The predicted molar refractivity (Wildman–Crippen MR) is 73.3 cm³/mol. The molecule has 0 unspecified atom stereocenters. The van der Waals surface area contributed by atoms with Crippen LogP contribution in [0.5, 0.6) is 0 Å². The molecule has 2 heterocycles. The number of furan rings is 1. The molecule has 19 heavy (non-hydrogen) atoms. The van der Waals surface area contributed by atoms with Crippen molar-refractivity contribution in [3.8, 4) is 0 Å². The van der Waals surface area contributed by atoms with Crippen LogP contribution >= 0.6 is 0 Å². The summed E-state index contributed by atoms with van der Waals surface area (Å²) in [5.41, 5.74) is -0.0270. The summed E-state index contributed by atoms with van der Waals surface area (Å²) in [6.07, 6.45) is 1.86. The maximum absolute atomic E-state index is 12.3. The molecule has 0 bridgehead atoms. The second-order valence-corrected chi connectivity index (χ2v) is 7.80. The summed E-state index contributed by atoms with van der Waals surface area (Å²) in [4.78, 5) is 0. The molecule has 0 aliphatic carbocycles. The van der Waals surface area contributed by atoms with Crippen LogP contribution in [0, 0.1) is 0 Å². The number of nitrogens with zero attached hydrogens (tertiary/aromatic N) is 1. The fourth-order valence-corrected chi connectivity index (χ4v) is 3.45. The largest absolute Gasteiger partial charge is 0.447 e. The number of hydrogen-bond donors (Lipinski definition) is 1. The van der Waals surface area contributed by atoms with Crippen molar-refractivity contribution in [1.29, 1.82) is 0 Å². The standard InChI is InChI=1S/C13H22N2O3S/c1-13(2,3)14-10-11-6-7-12(18-11)19(16,17)15-8-4-5-9-15/h6-7,14H,4-5,8-10H2,1-3H3. The first kappa shape index (κ1) is 14.6. The van der Waals surface area contributed by atoms with Gasteiger partial charge in [0.15, 0.2) is 0 Å². The van der Waals surface area contributed by atoms with Crippen LogP contribution in [-0.4, -0.2) is 31.4 Å². The number of hydrogen-bond acceptors (Lipinski definition) is 4. The Kier molecular flexibility index (Phi) is 4.03. The van der Waals surface area contributed by atoms with Gasteiger partial charge in [0.25, 0.3) is 10.0 Å². The minimum atomic E-state index is -3.43. The van der Waals surface area contributed by atoms with Gasteiger partial charge in [-0.15, -0.1) is 0 Å². The Labute approximate surface area is 115 Å². The van der Waals surface area contributed by atoms with Gasteiger partial charge in [0.2, 0.25) is 5.09 Å². The molecule has 0 atom stereocenters. The molecule has 1 aliphatic rings. The van der Waals surface area contributed by atoms with Gasteiger partial charge in [-0.2, -0.15) is 4.31 Å². The van der Waals surface area contributed by atoms with Crippen LogP contribution < -0.4 is 5.32 Å². The van der Waals surface area contributed by atoms with Crippen molar-refractivity contribution in [2.24, 2.45) is 0 Å². The number of rotatable bonds is 4. The van der Waals surface area contributed by atoms with Gasteiger partial charge in [0.1, 0.15) is 5.76 Å². The monoisotopic (exact) mass is 286 g/mol. The fourth-order valence-electron chi connectivity index (χ4n) is 2.00. The Morgan fingerprint density at radius 1 is 1.26 bits per heavy atom. The van der Waals surface area contributed by atoms with E-state index in [1.165, 1.54) is 4.31 Å². The van der Waals surface area contributed by atoms with E-state index in [-0.39, 0.29) is 10.6 Å². The molecule has 0 saturated carbocycles. The van der Waals surface area contributed by atoms with E-state index in [2.05, 4.69) is 26.1 Å². The average Bonchev–Trinajstić information content (AvgIpc) is 2.97. The number of sulfonamides is 1. The first-order valence-corrected chi connectivity index (χ1v) is 8.07. The highest BCUT2D eigenvalue weighted by atomic mass is 32.2. The first-order chi connectivity index (χ1) is 8.79. The van der Waals surface area contributed by atoms with Gasteiger partial charge in [-0.25, -0.2) is 8.42 Å². The SMILES string of the molecule is CC(C)(C)NCc1ccc(S(=O)(=O)N2CCCC2)o1. The Morgan fingerprint density at radius 2 is 1.89 bits per heavy atom. The molecule has 1 aromatic rings. The summed E-state index contributed by atoms with van der Waals surface area (Å²) < 4.78 is 31.5. The summed E-state index contributed by atoms with van der Waals surface area (Å²) in [7, 11) is -3.43. The normalized spacial score (nSPS) is 18.1. The molecule has 0 spiro atoms. The van der Waals surface area contributed by atoms with Gasteiger partial charge in [-0.3, -0.25) is 0 Å². The van der Waals surface area contributed by atoms with Crippen LogP contribution in [0.25, 0.3) is 0 Å². The smallest absolute Gasteiger partial charge is 0.276 e. The molecule has 0 amide bonds. The fraction of sp³-hybridized carbons (Fsp3) is 0.692. The van der Waals surface area contributed by atoms with Crippen molar-refractivity contribution in [1.82, 2.24) is 9.62 Å². The zero-order valence-electron chi connectivity index (χ0n) is 11.8. The van der Waals surface area contributed by atoms with E-state index in [0.717, 1.165) is 12.8 Å². The highest BCUT2D eigenvalue weighted by Crippen LogP contribution is 2.22. The van der Waals surface area contributed by atoms with E-state index in [1.807, 2.05) is 0 Å². The lowest BCUT2D eigenvalue weighted by Gasteiger charge is -2.19. The van der Waals surface area contributed by atoms with E-state index < -0.39 is 10.0 Å². The van der Waals surface area contributed by atoms with Crippen LogP contribution in [0.3, 0.4) is 0 Å². The zero-order valence-corrected chi connectivity index (χ0v) is 12.6. The summed E-state index contributed by atoms with van der Waals surface area (Å²) in [6.45, 7) is 7.88. The van der Waals surface area contributed by atoms with E-state index in [1.54, 1.807) is 12.1 Å². The Hall–Kier alpha value is -0.850. The molecule has 1 N–H and O–H groups in total. The van der Waals surface area contributed by atoms with Crippen molar-refractivity contribution in [2.75, 3.05) is 13.1 Å². The summed E-state index contributed by atoms with van der Waals surface area (Å²) in [5.74, 6) is 0.646. The zero-order chi connectivity index (χ0) is 14.1. The third kappa shape index (κ3) is 3.58. The lowest BCUT2D eigenvalue weighted by molar-refractivity contribution is 0.352. The van der Waals surface area contributed by atoms with Gasteiger partial charge in [-0.05, 0) is 45.7 Å². The third-order valence-corrected chi connectivity index (χ3v) is 4.86. The quantitative estimate of drug-likeness (QED) is 0.919. The van der Waals surface area contributed by atoms with Crippen LogP contribution in [-0.2, 0) is 16.6 Å². The van der Waals surface area contributed by atoms with Gasteiger partial charge in [-0.1, -0.05) is 0 Å². The van der Waals surface area contributed by atoms with E-state index >= 15 is 0 Å². The van der Waals surface area contributed by atoms with Crippen molar-refractivity contribution in [3.05, 3.63) is 17.9 Å². The molecule has 0 aromatic carbocycles. The molecule has 1 fully saturated rings. The lowest BCUT2D eigenvalue weighted by Crippen LogP contribution is -2.34. The van der Waals surface area contributed by atoms with Gasteiger partial charge < -0.3 is 9.73 Å². The topological polar surface area (TPSA) is 62.6 Å². The second-order valence-electron chi connectivity index (χ2n) is 5.94. The maximum Gasteiger partial charge on any atom is 0.276 e. The van der Waals surface area contributed by atoms with Gasteiger partial charge in [0, 0.05) is 18.6 Å². The molecule has 6 heteroatoms. The average molecular weight is 286 g/mol. The molecule has 2 rings (SSSR count). The molecule has 0 radical (unpaired) electrons. The Bertz CT molecular complexity index is 522. The summed E-state index contributed by atoms with van der Waals surface area (Å²) in [6, 6.07) is 3.27. The molecule has 5 nitrogen and oxygen atoms in total. The number of nitrogens with one attached hydrogen (secondary N) is 1. The minimum absolute atomic E-state index is 0.0270. The molecule has 1 aromatic heterocycles. The molecule has 1 saturated heterocycles. The molecule has 1 aliphatic heterocycles. The summed E-state index contributed by atoms with van der Waals surface area (Å²) >= 11 is 0. The third-order valence-electron chi connectivity index (χ3n) is 3.09. The highest BCUT2D eigenvalue weighted by molar-refractivity contribution is 7.89. The van der Waals surface area contributed by atoms with E-state index in [0.29, 0.717) is 25.4 Å². The van der Waals surface area contributed by atoms with Crippen molar-refractivity contribution < 1.29 is 12.8 Å². The van der Waals surface area contributed by atoms with Crippen LogP contribution in [0.4, 0.5) is 0 Å². The van der Waals surface area contributed by atoms with Crippen molar-refractivity contribution in [2.45, 2.75) is 50.8 Å². The molecule has 108 valence electrons. The van der Waals surface area contributed by atoms with E-state index in [9.17, 15) is 8.42 Å². The second kappa shape index (κ2) is 5.26. The molecular formula is C13H22N2O3S. The van der Waals surface area contributed by atoms with Crippen LogP contribution in [0.15, 0.2) is 21.6 Å². The van der Waals surface area contributed by atoms with E-state index in [4.69, 9.17) is 4.42 Å². The highest BCUT2D eigenvalue weighted by Gasteiger charge is 2.29. The minimum Gasteiger partial charge on any atom is -0.447 e. The Balaban J connectivity index is 2.08. The van der Waals surface area contributed by atoms with Crippen molar-refractivity contribution >= 4 is 10.0 Å². The van der Waals surface area contributed by atoms with Crippen molar-refractivity contribution in [3.63, 3.8) is 0 Å². The summed E-state index contributed by atoms with van der Waals surface area (Å²) in [5, 5.41) is 3.33. The Morgan fingerprint density at radius 3 is 2.47 bits per heavy atom. The van der Waals surface area contributed by atoms with Gasteiger partial charge in [0.05, 0.1) is 6.54 Å². The maximum atomic E-state index is 12.3. The molecular weight excluding hydrogens is 264 g/mol. The lowest BCUT2D eigenvalue weighted by atomic mass is 10.1. The predicted octanol–water partition coefficient (Wildman–Crippen LogP) is 1.95. The van der Waals surface area contributed by atoms with Crippen LogP contribution in [0.1, 0.15) is 39.4 Å². The van der Waals surface area contributed by atoms with Crippen LogP contribution in [0.2, 0.25) is 0 Å².